The Hall–Kier alpha value is -2.22. The Balaban J connectivity index is 1.99. The third-order valence-corrected chi connectivity index (χ3v) is 7.91. The number of rotatable bonds is 3. The summed E-state index contributed by atoms with van der Waals surface area (Å²) in [6, 6.07) is 6.73. The number of benzene rings is 1. The van der Waals surface area contributed by atoms with Crippen molar-refractivity contribution in [1.29, 1.82) is 5.26 Å². The summed E-state index contributed by atoms with van der Waals surface area (Å²) in [4.78, 5) is 15.1. The smallest absolute Gasteiger partial charge is 0.219 e. The standard InChI is InChI=1S/C21H19BrFN5OS2/c1-21(2)7-14-17(15(29)8-21)16(10-4-5-13(23)12(22)6-10)11(9-24)18(25)28(14)19-26-27-20(30-3)31-19/h4-6,16H,7-8,25H2,1-3H3. The molecule has 2 N–H and O–H groups in total. The number of halogens is 2. The molecular weight excluding hydrogens is 501 g/mol. The number of aromatic nitrogens is 2. The van der Waals surface area contributed by atoms with Crippen LogP contribution in [-0.2, 0) is 4.79 Å². The summed E-state index contributed by atoms with van der Waals surface area (Å²) < 4.78 is 14.9. The number of ketones is 1. The van der Waals surface area contributed by atoms with Gasteiger partial charge in [0.25, 0.3) is 0 Å². The third-order valence-electron chi connectivity index (χ3n) is 5.42. The van der Waals surface area contributed by atoms with Crippen molar-refractivity contribution in [2.45, 2.75) is 36.9 Å². The van der Waals surface area contributed by atoms with Crippen molar-refractivity contribution in [3.05, 3.63) is 56.7 Å². The van der Waals surface area contributed by atoms with Crippen molar-refractivity contribution in [1.82, 2.24) is 10.2 Å². The van der Waals surface area contributed by atoms with Crippen LogP contribution in [0.25, 0.3) is 0 Å². The maximum absolute atomic E-state index is 13.9. The largest absolute Gasteiger partial charge is 0.384 e. The Morgan fingerprint density at radius 3 is 2.74 bits per heavy atom. The minimum Gasteiger partial charge on any atom is -0.384 e. The molecule has 1 aromatic heterocycles. The fourth-order valence-corrected chi connectivity index (χ4v) is 5.82. The average molecular weight is 520 g/mol. The topological polar surface area (TPSA) is 95.9 Å². The minimum atomic E-state index is -0.662. The number of nitrogens with two attached hydrogens (primary N) is 1. The first-order chi connectivity index (χ1) is 14.7. The predicted molar refractivity (Wildman–Crippen MR) is 123 cm³/mol. The van der Waals surface area contributed by atoms with E-state index in [0.29, 0.717) is 29.1 Å². The molecule has 0 saturated carbocycles. The molecule has 2 aromatic rings. The average Bonchev–Trinajstić information content (AvgIpc) is 3.17. The third kappa shape index (κ3) is 3.79. The van der Waals surface area contributed by atoms with Crippen LogP contribution in [0.3, 0.4) is 0 Å². The number of nitriles is 1. The molecule has 6 nitrogen and oxygen atoms in total. The van der Waals surface area contributed by atoms with Gasteiger partial charge in [0.15, 0.2) is 10.1 Å². The van der Waals surface area contributed by atoms with Gasteiger partial charge in [-0.2, -0.15) is 5.26 Å². The molecule has 0 bridgehead atoms. The highest BCUT2D eigenvalue weighted by Crippen LogP contribution is 2.50. The maximum atomic E-state index is 13.9. The van der Waals surface area contributed by atoms with E-state index in [4.69, 9.17) is 5.73 Å². The number of anilines is 1. The van der Waals surface area contributed by atoms with E-state index >= 15 is 0 Å². The summed E-state index contributed by atoms with van der Waals surface area (Å²) in [5, 5.41) is 19.0. The van der Waals surface area contributed by atoms with Gasteiger partial charge in [0, 0.05) is 17.7 Å². The summed E-state index contributed by atoms with van der Waals surface area (Å²) >= 11 is 6.03. The lowest BCUT2D eigenvalue weighted by Gasteiger charge is -2.42. The molecule has 10 heteroatoms. The van der Waals surface area contributed by atoms with E-state index in [2.05, 4.69) is 32.2 Å². The highest BCUT2D eigenvalue weighted by atomic mass is 79.9. The Morgan fingerprint density at radius 1 is 1.39 bits per heavy atom. The summed E-state index contributed by atoms with van der Waals surface area (Å²) in [6.07, 6.45) is 2.84. The van der Waals surface area contributed by atoms with E-state index in [1.165, 1.54) is 29.2 Å². The predicted octanol–water partition coefficient (Wildman–Crippen LogP) is 5.10. The van der Waals surface area contributed by atoms with Gasteiger partial charge < -0.3 is 5.73 Å². The van der Waals surface area contributed by atoms with Crippen LogP contribution in [0.4, 0.5) is 9.52 Å². The molecule has 1 aliphatic heterocycles. The molecule has 1 aliphatic carbocycles. The number of thioether (sulfide) groups is 1. The number of carbonyl (C=O) groups is 1. The Bertz CT molecular complexity index is 1200. The van der Waals surface area contributed by atoms with E-state index in [1.807, 2.05) is 20.1 Å². The van der Waals surface area contributed by atoms with E-state index < -0.39 is 11.7 Å². The molecule has 0 radical (unpaired) electrons. The summed E-state index contributed by atoms with van der Waals surface area (Å²) in [7, 11) is 0. The highest BCUT2D eigenvalue weighted by Gasteiger charge is 2.45. The van der Waals surface area contributed by atoms with Crippen molar-refractivity contribution in [2.24, 2.45) is 11.1 Å². The molecule has 4 rings (SSSR count). The van der Waals surface area contributed by atoms with Crippen LogP contribution < -0.4 is 10.6 Å². The Labute approximate surface area is 196 Å². The monoisotopic (exact) mass is 519 g/mol. The van der Waals surface area contributed by atoms with Crippen molar-refractivity contribution in [3.63, 3.8) is 0 Å². The van der Waals surface area contributed by atoms with Crippen LogP contribution in [0.5, 0.6) is 0 Å². The van der Waals surface area contributed by atoms with Gasteiger partial charge in [-0.05, 0) is 51.7 Å². The van der Waals surface area contributed by atoms with E-state index in [-0.39, 0.29) is 27.1 Å². The molecule has 160 valence electrons. The quantitative estimate of drug-likeness (QED) is 0.563. The molecule has 31 heavy (non-hydrogen) atoms. The number of hydrogen-bond donors (Lipinski definition) is 1. The van der Waals surface area contributed by atoms with E-state index in [0.717, 1.165) is 10.0 Å². The SMILES string of the molecule is CSc1nnc(N2C(N)=C(C#N)C(c3ccc(F)c(Br)c3)C3=C2CC(C)(C)CC3=O)s1. The molecule has 1 unspecified atom stereocenters. The second kappa shape index (κ2) is 8.04. The fourth-order valence-electron chi connectivity index (χ4n) is 4.13. The van der Waals surface area contributed by atoms with Crippen LogP contribution in [0.1, 0.15) is 38.2 Å². The minimum absolute atomic E-state index is 0.0449. The number of hydrogen-bond acceptors (Lipinski definition) is 8. The Kier molecular flexibility index (Phi) is 5.70. The van der Waals surface area contributed by atoms with Crippen molar-refractivity contribution >= 4 is 49.9 Å². The first kappa shape index (κ1) is 22.0. The molecule has 1 aromatic carbocycles. The highest BCUT2D eigenvalue weighted by molar-refractivity contribution is 9.10. The van der Waals surface area contributed by atoms with Crippen molar-refractivity contribution in [2.75, 3.05) is 11.2 Å². The molecule has 1 atom stereocenters. The number of nitrogens with zero attached hydrogens (tertiary/aromatic N) is 4. The number of carbonyl (C=O) groups excluding carboxylic acids is 1. The fraction of sp³-hybridized carbons (Fsp3) is 0.333. The van der Waals surface area contributed by atoms with Gasteiger partial charge in [-0.1, -0.05) is 43.0 Å². The van der Waals surface area contributed by atoms with Gasteiger partial charge in [0.2, 0.25) is 5.13 Å². The normalized spacial score (nSPS) is 20.7. The maximum Gasteiger partial charge on any atom is 0.219 e. The van der Waals surface area contributed by atoms with Gasteiger partial charge in [-0.25, -0.2) is 4.39 Å². The molecule has 0 fully saturated rings. The lowest BCUT2D eigenvalue weighted by atomic mass is 9.69. The lowest BCUT2D eigenvalue weighted by molar-refractivity contribution is -0.118. The van der Waals surface area contributed by atoms with E-state index in [9.17, 15) is 14.4 Å². The van der Waals surface area contributed by atoms with E-state index in [1.54, 1.807) is 17.0 Å². The first-order valence-corrected chi connectivity index (χ1v) is 12.3. The van der Waals surface area contributed by atoms with Crippen molar-refractivity contribution in [3.8, 4) is 6.07 Å². The number of allylic oxidation sites excluding steroid dienone is 3. The van der Waals surface area contributed by atoms with Crippen LogP contribution in [0.15, 0.2) is 49.7 Å². The molecule has 0 spiro atoms. The van der Waals surface area contributed by atoms with Gasteiger partial charge >= 0.3 is 0 Å². The van der Waals surface area contributed by atoms with Crippen LogP contribution in [-0.4, -0.2) is 22.2 Å². The van der Waals surface area contributed by atoms with Gasteiger partial charge in [-0.15, -0.1) is 10.2 Å². The van der Waals surface area contributed by atoms with Gasteiger partial charge in [0.1, 0.15) is 11.6 Å². The first-order valence-electron chi connectivity index (χ1n) is 9.45. The van der Waals surface area contributed by atoms with Crippen LogP contribution in [0, 0.1) is 22.6 Å². The van der Waals surface area contributed by atoms with Gasteiger partial charge in [0.05, 0.1) is 22.0 Å². The molecule has 0 saturated heterocycles. The second-order valence-electron chi connectivity index (χ2n) is 8.21. The molecule has 2 aliphatic rings. The lowest BCUT2D eigenvalue weighted by Crippen LogP contribution is -2.42. The zero-order valence-electron chi connectivity index (χ0n) is 17.1. The molecular formula is C21H19BrFN5OS2. The number of Topliss-reactive ketones (excluding diaryl/α,β-unsaturated/α-hetero) is 1. The summed E-state index contributed by atoms with van der Waals surface area (Å²) in [5.74, 6) is -0.900. The zero-order chi connectivity index (χ0) is 22.5. The zero-order valence-corrected chi connectivity index (χ0v) is 20.3. The second-order valence-corrected chi connectivity index (χ2v) is 11.1. The van der Waals surface area contributed by atoms with Gasteiger partial charge in [-0.3, -0.25) is 9.69 Å². The summed E-state index contributed by atoms with van der Waals surface area (Å²) in [6.45, 7) is 4.06. The molecule has 2 heterocycles. The molecule has 0 amide bonds. The summed E-state index contributed by atoms with van der Waals surface area (Å²) in [5.41, 5.74) is 8.38. The Morgan fingerprint density at radius 2 is 2.13 bits per heavy atom. The van der Waals surface area contributed by atoms with Crippen LogP contribution in [0.2, 0.25) is 0 Å². The van der Waals surface area contributed by atoms with Crippen molar-refractivity contribution < 1.29 is 9.18 Å². The van der Waals surface area contributed by atoms with Crippen LogP contribution >= 0.6 is 39.0 Å².